The second-order valence-corrected chi connectivity index (χ2v) is 4.81. The molecule has 0 radical (unpaired) electrons. The Morgan fingerprint density at radius 3 is 2.23 bits per heavy atom. The minimum Gasteiger partial charge on any atom is -0.493 e. The Morgan fingerprint density at radius 2 is 1.73 bits per heavy atom. The molecule has 6 nitrogen and oxygen atoms in total. The fourth-order valence-corrected chi connectivity index (χ4v) is 2.29. The maximum Gasteiger partial charge on any atom is 0.336 e. The minimum absolute atomic E-state index is 0.262. The highest BCUT2D eigenvalue weighted by molar-refractivity contribution is 6.16. The Balaban J connectivity index is 1.99. The zero-order valence-electron chi connectivity index (χ0n) is 13.3. The first-order chi connectivity index (χ1) is 10.6. The van der Waals surface area contributed by atoms with Crippen molar-refractivity contribution in [2.45, 2.75) is 25.8 Å². The number of hydrogen-bond donors (Lipinski definition) is 0. The van der Waals surface area contributed by atoms with Crippen molar-refractivity contribution in [3.05, 3.63) is 17.7 Å². The molecule has 0 bridgehead atoms. The van der Waals surface area contributed by atoms with Crippen molar-refractivity contribution >= 4 is 11.7 Å². The zero-order chi connectivity index (χ0) is 16.1. The molecule has 1 aliphatic heterocycles. The number of rotatable bonds is 8. The summed E-state index contributed by atoms with van der Waals surface area (Å²) in [6, 6.07) is 3.44. The summed E-state index contributed by atoms with van der Waals surface area (Å²) in [6.07, 6.45) is 1.45. The van der Waals surface area contributed by atoms with Crippen LogP contribution in [0.1, 0.15) is 18.9 Å². The van der Waals surface area contributed by atoms with Crippen LogP contribution in [0.2, 0.25) is 0 Å². The van der Waals surface area contributed by atoms with Gasteiger partial charge in [-0.05, 0) is 37.5 Å². The number of carbonyl (C=O) groups is 1. The van der Waals surface area contributed by atoms with E-state index in [0.29, 0.717) is 30.3 Å². The van der Waals surface area contributed by atoms with E-state index >= 15 is 0 Å². The van der Waals surface area contributed by atoms with E-state index in [1.807, 2.05) is 12.1 Å². The fraction of sp³-hybridized carbons (Fsp3) is 0.500. The van der Waals surface area contributed by atoms with E-state index in [0.717, 1.165) is 17.7 Å². The largest absolute Gasteiger partial charge is 0.493 e. The van der Waals surface area contributed by atoms with Crippen molar-refractivity contribution in [2.24, 2.45) is 4.99 Å². The third-order valence-electron chi connectivity index (χ3n) is 3.45. The third-order valence-corrected chi connectivity index (χ3v) is 3.45. The molecule has 1 aromatic rings. The second-order valence-electron chi connectivity index (χ2n) is 4.81. The van der Waals surface area contributed by atoms with Crippen molar-refractivity contribution < 1.29 is 23.7 Å². The highest BCUT2D eigenvalue weighted by atomic mass is 16.5. The maximum atomic E-state index is 11.5. The topological polar surface area (TPSA) is 66.4 Å². The van der Waals surface area contributed by atoms with E-state index in [1.165, 1.54) is 0 Å². The molecule has 2 rings (SSSR count). The van der Waals surface area contributed by atoms with Crippen molar-refractivity contribution in [3.8, 4) is 17.2 Å². The maximum absolute atomic E-state index is 11.5. The standard InChI is InChI=1S/C16H21NO5/c1-5-22-16(18)14-11(17-14)7-6-10-8-12(19-2)15(21-4)13(9-10)20-3/h8-9,14H,5-7H2,1-4H3. The summed E-state index contributed by atoms with van der Waals surface area (Å²) in [7, 11) is 4.74. The Bertz CT molecular complexity index is 557. The summed E-state index contributed by atoms with van der Waals surface area (Å²) in [4.78, 5) is 15.7. The number of hydrogen-bond acceptors (Lipinski definition) is 6. The van der Waals surface area contributed by atoms with Crippen LogP contribution in [0, 0.1) is 0 Å². The Labute approximate surface area is 130 Å². The lowest BCUT2D eigenvalue weighted by Crippen LogP contribution is -2.16. The smallest absolute Gasteiger partial charge is 0.336 e. The molecular weight excluding hydrogens is 286 g/mol. The molecule has 0 saturated heterocycles. The molecule has 0 N–H and O–H groups in total. The first-order valence-electron chi connectivity index (χ1n) is 7.16. The molecule has 0 amide bonds. The Hall–Kier alpha value is -2.24. The molecule has 1 aromatic carbocycles. The molecule has 0 aromatic heterocycles. The van der Waals surface area contributed by atoms with Crippen molar-refractivity contribution in [1.82, 2.24) is 0 Å². The predicted octanol–water partition coefficient (Wildman–Crippen LogP) is 2.03. The van der Waals surface area contributed by atoms with Crippen LogP contribution in [0.4, 0.5) is 0 Å². The van der Waals surface area contributed by atoms with Gasteiger partial charge in [0.05, 0.1) is 33.6 Å². The van der Waals surface area contributed by atoms with Crippen molar-refractivity contribution in [3.63, 3.8) is 0 Å². The van der Waals surface area contributed by atoms with Gasteiger partial charge in [-0.3, -0.25) is 4.99 Å². The quantitative estimate of drug-likeness (QED) is 0.688. The van der Waals surface area contributed by atoms with Gasteiger partial charge in [-0.25, -0.2) is 4.79 Å². The first kappa shape index (κ1) is 16.1. The van der Waals surface area contributed by atoms with E-state index < -0.39 is 0 Å². The summed E-state index contributed by atoms with van der Waals surface area (Å²) in [5.74, 6) is 1.55. The lowest BCUT2D eigenvalue weighted by atomic mass is 10.1. The van der Waals surface area contributed by atoms with Gasteiger partial charge in [0.1, 0.15) is 0 Å². The molecule has 1 aliphatic rings. The molecule has 22 heavy (non-hydrogen) atoms. The van der Waals surface area contributed by atoms with E-state index in [1.54, 1.807) is 28.3 Å². The predicted molar refractivity (Wildman–Crippen MR) is 82.3 cm³/mol. The van der Waals surface area contributed by atoms with Crippen LogP contribution in [-0.4, -0.2) is 45.7 Å². The van der Waals surface area contributed by atoms with Gasteiger partial charge >= 0.3 is 5.97 Å². The van der Waals surface area contributed by atoms with Gasteiger partial charge in [0.25, 0.3) is 0 Å². The average molecular weight is 307 g/mol. The molecule has 1 unspecified atom stereocenters. The van der Waals surface area contributed by atoms with Crippen LogP contribution in [0.15, 0.2) is 17.1 Å². The lowest BCUT2D eigenvalue weighted by Gasteiger charge is -2.13. The van der Waals surface area contributed by atoms with Crippen LogP contribution < -0.4 is 14.2 Å². The first-order valence-corrected chi connectivity index (χ1v) is 7.16. The molecular formula is C16H21NO5. The van der Waals surface area contributed by atoms with Crippen molar-refractivity contribution in [1.29, 1.82) is 0 Å². The fourth-order valence-electron chi connectivity index (χ4n) is 2.29. The normalized spacial score (nSPS) is 15.8. The highest BCUT2D eigenvalue weighted by Gasteiger charge is 2.35. The van der Waals surface area contributed by atoms with Crippen LogP contribution in [0.25, 0.3) is 0 Å². The summed E-state index contributed by atoms with van der Waals surface area (Å²) in [6.45, 7) is 2.17. The monoisotopic (exact) mass is 307 g/mol. The zero-order valence-corrected chi connectivity index (χ0v) is 13.3. The molecule has 0 fully saturated rings. The number of nitrogens with zero attached hydrogens (tertiary/aromatic N) is 1. The van der Waals surface area contributed by atoms with Crippen LogP contribution >= 0.6 is 0 Å². The van der Waals surface area contributed by atoms with Gasteiger partial charge in [-0.1, -0.05) is 0 Å². The number of benzene rings is 1. The van der Waals surface area contributed by atoms with Crippen LogP contribution in [0.3, 0.4) is 0 Å². The highest BCUT2D eigenvalue weighted by Crippen LogP contribution is 2.38. The summed E-state index contributed by atoms with van der Waals surface area (Å²) < 4.78 is 20.9. The molecule has 0 spiro atoms. The number of ether oxygens (including phenoxy) is 4. The molecule has 0 saturated carbocycles. The van der Waals surface area contributed by atoms with Gasteiger partial charge in [-0.15, -0.1) is 0 Å². The van der Waals surface area contributed by atoms with Gasteiger partial charge in [0.15, 0.2) is 17.5 Å². The molecule has 120 valence electrons. The number of methoxy groups -OCH3 is 3. The van der Waals surface area contributed by atoms with E-state index in [2.05, 4.69) is 4.99 Å². The summed E-state index contributed by atoms with van der Waals surface area (Å²) in [5, 5.41) is 0. The molecule has 6 heteroatoms. The van der Waals surface area contributed by atoms with Crippen LogP contribution in [0.5, 0.6) is 17.2 Å². The van der Waals surface area contributed by atoms with E-state index in [4.69, 9.17) is 18.9 Å². The molecule has 1 atom stereocenters. The minimum atomic E-state index is -0.373. The SMILES string of the molecule is CCOC(=O)C1N=C1CCc1cc(OC)c(OC)c(OC)c1. The molecule has 0 aliphatic carbocycles. The Morgan fingerprint density at radius 1 is 1.09 bits per heavy atom. The van der Waals surface area contributed by atoms with Crippen LogP contribution in [-0.2, 0) is 16.0 Å². The van der Waals surface area contributed by atoms with Gasteiger partial charge in [-0.2, -0.15) is 0 Å². The number of esters is 1. The number of carbonyl (C=O) groups excluding carboxylic acids is 1. The van der Waals surface area contributed by atoms with Crippen molar-refractivity contribution in [2.75, 3.05) is 27.9 Å². The van der Waals surface area contributed by atoms with E-state index in [-0.39, 0.29) is 12.0 Å². The lowest BCUT2D eigenvalue weighted by molar-refractivity contribution is -0.142. The van der Waals surface area contributed by atoms with Gasteiger partial charge in [0.2, 0.25) is 5.75 Å². The number of aliphatic imine (C=N–C) groups is 1. The van der Waals surface area contributed by atoms with Gasteiger partial charge < -0.3 is 18.9 Å². The van der Waals surface area contributed by atoms with Gasteiger partial charge in [0, 0.05) is 0 Å². The second kappa shape index (κ2) is 7.15. The number of aryl methyl sites for hydroxylation is 1. The summed E-state index contributed by atoms with van der Waals surface area (Å²) in [5.41, 5.74) is 1.92. The van der Waals surface area contributed by atoms with E-state index in [9.17, 15) is 4.79 Å². The molecule has 1 heterocycles. The Kier molecular flexibility index (Phi) is 5.25. The third kappa shape index (κ3) is 3.50. The summed E-state index contributed by atoms with van der Waals surface area (Å²) >= 11 is 0. The average Bonchev–Trinajstić information content (AvgIpc) is 3.31.